The van der Waals surface area contributed by atoms with Crippen LogP contribution in [0.2, 0.25) is 0 Å². The molecule has 1 aromatic carbocycles. The molecule has 0 bridgehead atoms. The zero-order chi connectivity index (χ0) is 13.7. The molecule has 1 N–H and O–H groups in total. The lowest BCUT2D eigenvalue weighted by Gasteiger charge is -2.14. The molecule has 0 fully saturated rings. The summed E-state index contributed by atoms with van der Waals surface area (Å²) in [4.78, 5) is 4.37. The van der Waals surface area contributed by atoms with Gasteiger partial charge in [0.1, 0.15) is 0 Å². The van der Waals surface area contributed by atoms with E-state index < -0.39 is 0 Å². The molecule has 0 saturated carbocycles. The maximum atomic E-state index is 8.77. The standard InChI is InChI=1S/C16H17N3/c1-12-3-8-16(19-10-12)11-18-13(2)15-6-4-14(9-17)5-7-15/h3-8,10,13,18H,11H2,1-2H3. The van der Waals surface area contributed by atoms with Crippen molar-refractivity contribution in [2.24, 2.45) is 0 Å². The molecule has 0 amide bonds. The summed E-state index contributed by atoms with van der Waals surface area (Å²) < 4.78 is 0. The number of rotatable bonds is 4. The molecule has 3 heteroatoms. The summed E-state index contributed by atoms with van der Waals surface area (Å²) in [6, 6.07) is 14.1. The fourth-order valence-electron chi connectivity index (χ4n) is 1.82. The minimum absolute atomic E-state index is 0.232. The van der Waals surface area contributed by atoms with E-state index in [1.807, 2.05) is 43.5 Å². The van der Waals surface area contributed by atoms with Crippen LogP contribution in [0.3, 0.4) is 0 Å². The Balaban J connectivity index is 1.95. The largest absolute Gasteiger partial charge is 0.305 e. The highest BCUT2D eigenvalue weighted by Crippen LogP contribution is 2.13. The molecule has 0 spiro atoms. The highest BCUT2D eigenvalue weighted by Gasteiger charge is 2.05. The molecule has 0 saturated heterocycles. The average Bonchev–Trinajstić information content (AvgIpc) is 2.46. The first kappa shape index (κ1) is 13.3. The molecule has 1 unspecified atom stereocenters. The number of aromatic nitrogens is 1. The van der Waals surface area contributed by atoms with Crippen LogP contribution in [0.25, 0.3) is 0 Å². The van der Waals surface area contributed by atoms with Crippen LogP contribution in [0.15, 0.2) is 42.6 Å². The summed E-state index contributed by atoms with van der Waals surface area (Å²) in [7, 11) is 0. The topological polar surface area (TPSA) is 48.7 Å². The number of hydrogen-bond donors (Lipinski definition) is 1. The number of nitriles is 1. The van der Waals surface area contributed by atoms with Crippen molar-refractivity contribution >= 4 is 0 Å². The van der Waals surface area contributed by atoms with Gasteiger partial charge in [-0.25, -0.2) is 0 Å². The summed E-state index contributed by atoms with van der Waals surface area (Å²) in [6.07, 6.45) is 1.88. The van der Waals surface area contributed by atoms with E-state index in [4.69, 9.17) is 5.26 Å². The van der Waals surface area contributed by atoms with E-state index in [0.29, 0.717) is 5.56 Å². The predicted octanol–water partition coefficient (Wildman–Crippen LogP) is 3.11. The molecule has 1 atom stereocenters. The van der Waals surface area contributed by atoms with Crippen LogP contribution in [0.1, 0.15) is 35.3 Å². The molecule has 0 radical (unpaired) electrons. The van der Waals surface area contributed by atoms with Gasteiger partial charge in [0.2, 0.25) is 0 Å². The molecule has 1 heterocycles. The maximum Gasteiger partial charge on any atom is 0.0991 e. The normalized spacial score (nSPS) is 11.8. The van der Waals surface area contributed by atoms with Crippen molar-refractivity contribution in [3.8, 4) is 6.07 Å². The van der Waals surface area contributed by atoms with Crippen LogP contribution in [0, 0.1) is 18.3 Å². The monoisotopic (exact) mass is 251 g/mol. The second kappa shape index (κ2) is 6.12. The lowest BCUT2D eigenvalue weighted by molar-refractivity contribution is 0.567. The Bertz CT molecular complexity index is 564. The first-order valence-electron chi connectivity index (χ1n) is 6.34. The van der Waals surface area contributed by atoms with Crippen LogP contribution in [-0.2, 0) is 6.54 Å². The third-order valence-electron chi connectivity index (χ3n) is 3.10. The predicted molar refractivity (Wildman–Crippen MR) is 75.4 cm³/mol. The molecule has 0 aliphatic carbocycles. The van der Waals surface area contributed by atoms with Crippen LogP contribution in [0.4, 0.5) is 0 Å². The number of pyridine rings is 1. The third kappa shape index (κ3) is 3.64. The quantitative estimate of drug-likeness (QED) is 0.908. The fourth-order valence-corrected chi connectivity index (χ4v) is 1.82. The van der Waals surface area contributed by atoms with Crippen molar-refractivity contribution in [2.75, 3.05) is 0 Å². The van der Waals surface area contributed by atoms with E-state index >= 15 is 0 Å². The van der Waals surface area contributed by atoms with Gasteiger partial charge in [0.25, 0.3) is 0 Å². The summed E-state index contributed by atoms with van der Waals surface area (Å²) in [6.45, 7) is 4.88. The SMILES string of the molecule is Cc1ccc(CNC(C)c2ccc(C#N)cc2)nc1. The summed E-state index contributed by atoms with van der Waals surface area (Å²) in [5.41, 5.74) is 4.07. The Kier molecular flexibility index (Phi) is 4.27. The van der Waals surface area contributed by atoms with E-state index in [2.05, 4.69) is 29.4 Å². The number of hydrogen-bond acceptors (Lipinski definition) is 3. The van der Waals surface area contributed by atoms with Gasteiger partial charge < -0.3 is 5.32 Å². The van der Waals surface area contributed by atoms with Crippen molar-refractivity contribution in [3.05, 3.63) is 65.0 Å². The minimum atomic E-state index is 0.232. The first-order chi connectivity index (χ1) is 9.19. The third-order valence-corrected chi connectivity index (χ3v) is 3.10. The molecule has 3 nitrogen and oxygen atoms in total. The van der Waals surface area contributed by atoms with E-state index in [-0.39, 0.29) is 6.04 Å². The van der Waals surface area contributed by atoms with Gasteiger partial charge in [-0.3, -0.25) is 4.98 Å². The van der Waals surface area contributed by atoms with E-state index in [1.165, 1.54) is 11.1 Å². The van der Waals surface area contributed by atoms with Crippen LogP contribution < -0.4 is 5.32 Å². The highest BCUT2D eigenvalue weighted by atomic mass is 14.9. The average molecular weight is 251 g/mol. The van der Waals surface area contributed by atoms with Gasteiger partial charge in [0.05, 0.1) is 17.3 Å². The zero-order valence-corrected chi connectivity index (χ0v) is 11.2. The summed E-state index contributed by atoms with van der Waals surface area (Å²) in [5.74, 6) is 0. The van der Waals surface area contributed by atoms with Crippen LogP contribution in [0.5, 0.6) is 0 Å². The zero-order valence-electron chi connectivity index (χ0n) is 11.2. The summed E-state index contributed by atoms with van der Waals surface area (Å²) >= 11 is 0. The fraction of sp³-hybridized carbons (Fsp3) is 0.250. The van der Waals surface area contributed by atoms with Crippen molar-refractivity contribution in [2.45, 2.75) is 26.4 Å². The van der Waals surface area contributed by atoms with Gasteiger partial charge >= 0.3 is 0 Å². The molecular formula is C16H17N3. The van der Waals surface area contributed by atoms with Gasteiger partial charge in [-0.15, -0.1) is 0 Å². The Morgan fingerprint density at radius 2 is 1.95 bits per heavy atom. The van der Waals surface area contributed by atoms with Crippen LogP contribution in [-0.4, -0.2) is 4.98 Å². The number of nitrogens with one attached hydrogen (secondary N) is 1. The molecule has 0 aliphatic heterocycles. The molecule has 19 heavy (non-hydrogen) atoms. The summed E-state index contributed by atoms with van der Waals surface area (Å²) in [5, 5.41) is 12.2. The number of aryl methyl sites for hydroxylation is 1. The molecule has 1 aromatic heterocycles. The van der Waals surface area contributed by atoms with Crippen molar-refractivity contribution < 1.29 is 0 Å². The lowest BCUT2D eigenvalue weighted by Crippen LogP contribution is -2.18. The minimum Gasteiger partial charge on any atom is -0.305 e. The number of nitrogens with zero attached hydrogens (tertiary/aromatic N) is 2. The first-order valence-corrected chi connectivity index (χ1v) is 6.34. The molecule has 96 valence electrons. The van der Waals surface area contributed by atoms with Crippen molar-refractivity contribution in [3.63, 3.8) is 0 Å². The van der Waals surface area contributed by atoms with Crippen LogP contribution >= 0.6 is 0 Å². The smallest absolute Gasteiger partial charge is 0.0991 e. The Morgan fingerprint density at radius 1 is 1.21 bits per heavy atom. The van der Waals surface area contributed by atoms with Gasteiger partial charge in [-0.2, -0.15) is 5.26 Å². The lowest BCUT2D eigenvalue weighted by atomic mass is 10.1. The molecule has 2 aromatic rings. The van der Waals surface area contributed by atoms with E-state index in [0.717, 1.165) is 12.2 Å². The van der Waals surface area contributed by atoms with Gasteiger partial charge in [0, 0.05) is 18.8 Å². The van der Waals surface area contributed by atoms with Gasteiger partial charge in [-0.05, 0) is 43.2 Å². The van der Waals surface area contributed by atoms with Crippen molar-refractivity contribution in [1.82, 2.24) is 10.3 Å². The van der Waals surface area contributed by atoms with E-state index in [1.54, 1.807) is 0 Å². The van der Waals surface area contributed by atoms with Gasteiger partial charge in [-0.1, -0.05) is 18.2 Å². The second-order valence-electron chi connectivity index (χ2n) is 4.66. The molecule has 2 rings (SSSR count). The Labute approximate surface area is 113 Å². The molecular weight excluding hydrogens is 234 g/mol. The van der Waals surface area contributed by atoms with E-state index in [9.17, 15) is 0 Å². The highest BCUT2D eigenvalue weighted by molar-refractivity contribution is 5.32. The molecule has 0 aliphatic rings. The Morgan fingerprint density at radius 3 is 2.53 bits per heavy atom. The maximum absolute atomic E-state index is 8.77. The second-order valence-corrected chi connectivity index (χ2v) is 4.66. The van der Waals surface area contributed by atoms with Gasteiger partial charge in [0.15, 0.2) is 0 Å². The van der Waals surface area contributed by atoms with Crippen molar-refractivity contribution in [1.29, 1.82) is 5.26 Å². The Hall–Kier alpha value is -2.18. The number of benzene rings is 1.